The first-order valence-corrected chi connectivity index (χ1v) is 5.07. The molecule has 3 heteroatoms. The van der Waals surface area contributed by atoms with Gasteiger partial charge in [0.1, 0.15) is 5.78 Å². The van der Waals surface area contributed by atoms with Gasteiger partial charge in [0.2, 0.25) is 0 Å². The topological polar surface area (TPSA) is 34.9 Å². The van der Waals surface area contributed by atoms with Crippen LogP contribution in [0.3, 0.4) is 0 Å². The fourth-order valence-corrected chi connectivity index (χ4v) is 1.33. The van der Waals surface area contributed by atoms with E-state index in [4.69, 9.17) is 0 Å². The molecule has 0 aliphatic heterocycles. The molecule has 0 aliphatic rings. The van der Waals surface area contributed by atoms with Crippen LogP contribution in [0.1, 0.15) is 32.3 Å². The van der Waals surface area contributed by atoms with Crippen LogP contribution < -0.4 is 0 Å². The van der Waals surface area contributed by atoms with Gasteiger partial charge in [-0.3, -0.25) is 9.48 Å². The molecule has 0 saturated carbocycles. The quantitative estimate of drug-likeness (QED) is 0.718. The highest BCUT2D eigenvalue weighted by Gasteiger charge is 2.06. The summed E-state index contributed by atoms with van der Waals surface area (Å²) in [7, 11) is 1.86. The van der Waals surface area contributed by atoms with Gasteiger partial charge in [0.05, 0.1) is 6.20 Å². The molecule has 1 rings (SSSR count). The molecule has 0 radical (unpaired) electrons. The third-order valence-corrected chi connectivity index (χ3v) is 2.16. The first-order valence-electron chi connectivity index (χ1n) is 5.07. The lowest BCUT2D eigenvalue weighted by molar-refractivity contribution is -0.118. The molecule has 0 atom stereocenters. The molecule has 0 spiro atoms. The number of rotatable bonds is 5. The Morgan fingerprint density at radius 1 is 1.57 bits per heavy atom. The number of nitrogens with zero attached hydrogens (tertiary/aromatic N) is 2. The Morgan fingerprint density at radius 3 is 2.79 bits per heavy atom. The highest BCUT2D eigenvalue weighted by Crippen LogP contribution is 2.07. The average Bonchev–Trinajstić information content (AvgIpc) is 2.48. The van der Waals surface area contributed by atoms with Gasteiger partial charge in [-0.1, -0.05) is 13.8 Å². The molecule has 0 unspecified atom stereocenters. The number of aryl methyl sites for hydroxylation is 1. The summed E-state index contributed by atoms with van der Waals surface area (Å²) in [5.74, 6) is 0.916. The minimum atomic E-state index is 0.312. The second-order valence-electron chi connectivity index (χ2n) is 4.17. The minimum Gasteiger partial charge on any atom is -0.299 e. The summed E-state index contributed by atoms with van der Waals surface area (Å²) in [4.78, 5) is 11.5. The van der Waals surface area contributed by atoms with Crippen LogP contribution in [0.5, 0.6) is 0 Å². The van der Waals surface area contributed by atoms with Crippen LogP contribution in [0.25, 0.3) is 0 Å². The highest BCUT2D eigenvalue weighted by atomic mass is 16.1. The normalized spacial score (nSPS) is 10.9. The van der Waals surface area contributed by atoms with Crippen LogP contribution in [0.4, 0.5) is 0 Å². The molecule has 0 aromatic carbocycles. The Balaban J connectivity index is 2.34. The van der Waals surface area contributed by atoms with Crippen molar-refractivity contribution < 1.29 is 4.79 Å². The lowest BCUT2D eigenvalue weighted by Crippen LogP contribution is -2.03. The maximum Gasteiger partial charge on any atom is 0.137 e. The van der Waals surface area contributed by atoms with Crippen LogP contribution in [0.2, 0.25) is 0 Å². The second-order valence-corrected chi connectivity index (χ2v) is 4.17. The van der Waals surface area contributed by atoms with Gasteiger partial charge in [0, 0.05) is 26.1 Å². The van der Waals surface area contributed by atoms with Crippen molar-refractivity contribution in [1.82, 2.24) is 9.78 Å². The van der Waals surface area contributed by atoms with Crippen LogP contribution in [0, 0.1) is 5.92 Å². The van der Waals surface area contributed by atoms with E-state index < -0.39 is 0 Å². The minimum absolute atomic E-state index is 0.312. The van der Waals surface area contributed by atoms with Crippen molar-refractivity contribution in [3.8, 4) is 0 Å². The van der Waals surface area contributed by atoms with Gasteiger partial charge in [-0.15, -0.1) is 0 Å². The molecular formula is C11H18N2O. The molecule has 1 aromatic rings. The number of ketones is 1. The zero-order valence-corrected chi connectivity index (χ0v) is 9.16. The van der Waals surface area contributed by atoms with Crippen molar-refractivity contribution in [1.29, 1.82) is 0 Å². The predicted octanol–water partition coefficient (Wildman–Crippen LogP) is 1.97. The van der Waals surface area contributed by atoms with Gasteiger partial charge in [-0.25, -0.2) is 0 Å². The van der Waals surface area contributed by atoms with E-state index in [9.17, 15) is 4.79 Å². The van der Waals surface area contributed by atoms with Gasteiger partial charge in [-0.2, -0.15) is 5.10 Å². The Hall–Kier alpha value is -1.12. The highest BCUT2D eigenvalue weighted by molar-refractivity contribution is 5.80. The van der Waals surface area contributed by atoms with Crippen molar-refractivity contribution in [2.75, 3.05) is 0 Å². The number of aromatic nitrogens is 2. The van der Waals surface area contributed by atoms with E-state index in [1.54, 1.807) is 10.9 Å². The molecule has 0 N–H and O–H groups in total. The van der Waals surface area contributed by atoms with E-state index in [-0.39, 0.29) is 0 Å². The Labute approximate surface area is 85.1 Å². The van der Waals surface area contributed by atoms with E-state index in [1.165, 1.54) is 0 Å². The maximum absolute atomic E-state index is 11.5. The molecule has 3 nitrogen and oxygen atoms in total. The summed E-state index contributed by atoms with van der Waals surface area (Å²) in [6, 6.07) is 0. The maximum atomic E-state index is 11.5. The molecule has 0 fully saturated rings. The Kier molecular flexibility index (Phi) is 3.86. The first-order chi connectivity index (χ1) is 6.58. The molecule has 1 heterocycles. The van der Waals surface area contributed by atoms with E-state index in [0.29, 0.717) is 24.5 Å². The fourth-order valence-electron chi connectivity index (χ4n) is 1.33. The van der Waals surface area contributed by atoms with Gasteiger partial charge < -0.3 is 0 Å². The summed E-state index contributed by atoms with van der Waals surface area (Å²) >= 11 is 0. The van der Waals surface area contributed by atoms with Gasteiger partial charge in [-0.05, 0) is 17.9 Å². The van der Waals surface area contributed by atoms with Crippen LogP contribution in [0.15, 0.2) is 12.4 Å². The zero-order valence-electron chi connectivity index (χ0n) is 9.16. The summed E-state index contributed by atoms with van der Waals surface area (Å²) in [5.41, 5.74) is 1.02. The molecule has 0 saturated heterocycles. The number of hydrogen-bond donors (Lipinski definition) is 0. The van der Waals surface area contributed by atoms with Crippen LogP contribution >= 0.6 is 0 Å². The van der Waals surface area contributed by atoms with Crippen LogP contribution in [-0.2, 0) is 18.3 Å². The molecule has 78 valence electrons. The second kappa shape index (κ2) is 4.94. The van der Waals surface area contributed by atoms with Gasteiger partial charge in [0.25, 0.3) is 0 Å². The van der Waals surface area contributed by atoms with Gasteiger partial charge in [0.15, 0.2) is 0 Å². The summed E-state index contributed by atoms with van der Waals surface area (Å²) in [6.07, 6.45) is 5.85. The van der Waals surface area contributed by atoms with E-state index >= 15 is 0 Å². The van der Waals surface area contributed by atoms with Crippen molar-refractivity contribution in [3.05, 3.63) is 18.0 Å². The molecule has 0 aliphatic carbocycles. The summed E-state index contributed by atoms with van der Waals surface area (Å²) < 4.78 is 1.73. The zero-order chi connectivity index (χ0) is 10.6. The smallest absolute Gasteiger partial charge is 0.137 e. The summed E-state index contributed by atoms with van der Waals surface area (Å²) in [6.45, 7) is 4.27. The van der Waals surface area contributed by atoms with E-state index in [0.717, 1.165) is 12.0 Å². The molecule has 0 amide bonds. The van der Waals surface area contributed by atoms with Crippen LogP contribution in [-0.4, -0.2) is 15.6 Å². The number of Topliss-reactive ketones (excluding diaryl/α,β-unsaturated/α-hetero) is 1. The molecule has 1 aromatic heterocycles. The standard InChI is InChI=1S/C11H18N2O/c1-9(2)4-5-11(14)6-10-7-12-13(3)8-10/h7-9H,4-6H2,1-3H3. The van der Waals surface area contributed by atoms with Gasteiger partial charge >= 0.3 is 0 Å². The molecule has 0 bridgehead atoms. The fraction of sp³-hybridized carbons (Fsp3) is 0.636. The van der Waals surface area contributed by atoms with Crippen molar-refractivity contribution in [3.63, 3.8) is 0 Å². The van der Waals surface area contributed by atoms with E-state index in [1.807, 2.05) is 13.2 Å². The summed E-state index contributed by atoms with van der Waals surface area (Å²) in [5, 5.41) is 4.03. The van der Waals surface area contributed by atoms with Crippen molar-refractivity contribution >= 4 is 5.78 Å². The average molecular weight is 194 g/mol. The lowest BCUT2D eigenvalue weighted by atomic mass is 10.0. The lowest BCUT2D eigenvalue weighted by Gasteiger charge is -2.02. The predicted molar refractivity (Wildman–Crippen MR) is 56.0 cm³/mol. The van der Waals surface area contributed by atoms with Crippen molar-refractivity contribution in [2.24, 2.45) is 13.0 Å². The largest absolute Gasteiger partial charge is 0.299 e. The molecular weight excluding hydrogens is 176 g/mol. The monoisotopic (exact) mass is 194 g/mol. The third kappa shape index (κ3) is 3.73. The Bertz CT molecular complexity index is 302. The third-order valence-electron chi connectivity index (χ3n) is 2.16. The number of carbonyl (C=O) groups is 1. The SMILES string of the molecule is CC(C)CCC(=O)Cc1cnn(C)c1. The Morgan fingerprint density at radius 2 is 2.29 bits per heavy atom. The number of carbonyl (C=O) groups excluding carboxylic acids is 1. The van der Waals surface area contributed by atoms with E-state index in [2.05, 4.69) is 18.9 Å². The number of hydrogen-bond acceptors (Lipinski definition) is 2. The molecule has 14 heavy (non-hydrogen) atoms. The van der Waals surface area contributed by atoms with Crippen molar-refractivity contribution in [2.45, 2.75) is 33.1 Å². The first kappa shape index (κ1) is 11.0.